The predicted octanol–water partition coefficient (Wildman–Crippen LogP) is 18.6. The van der Waals surface area contributed by atoms with Crippen LogP contribution in [0.4, 0.5) is 45.5 Å². The third-order valence-corrected chi connectivity index (χ3v) is 19.1. The van der Waals surface area contributed by atoms with Crippen LogP contribution in [0.25, 0.3) is 44.2 Å². The molecule has 1 saturated carbocycles. The minimum Gasteiger partial charge on any atom is -0.456 e. The van der Waals surface area contributed by atoms with Crippen LogP contribution in [0.2, 0.25) is 0 Å². The first kappa shape index (κ1) is 49.5. The zero-order chi connectivity index (χ0) is 54.5. The molecular weight excluding hydrogens is 958 g/mol. The Bertz CT molecular complexity index is 4100. The fourth-order valence-corrected chi connectivity index (χ4v) is 14.4. The molecule has 0 N–H and O–H groups in total. The fourth-order valence-electron chi connectivity index (χ4n) is 14.4. The van der Waals surface area contributed by atoms with Crippen molar-refractivity contribution in [1.29, 1.82) is 0 Å². The van der Waals surface area contributed by atoms with Crippen molar-refractivity contribution in [3.05, 3.63) is 210 Å². The summed E-state index contributed by atoms with van der Waals surface area (Å²) in [6.45, 7) is 26.3. The monoisotopic (exact) mass is 1030 g/mol. The van der Waals surface area contributed by atoms with Gasteiger partial charge in [0.05, 0.1) is 11.2 Å². The van der Waals surface area contributed by atoms with E-state index in [0.717, 1.165) is 40.5 Å². The van der Waals surface area contributed by atoms with E-state index >= 15 is 0 Å². The highest BCUT2D eigenvalue weighted by atomic mass is 16.3. The molecule has 4 nitrogen and oxygen atoms in total. The maximum absolute atomic E-state index is 6.56. The van der Waals surface area contributed by atoms with Crippen LogP contribution < -0.4 is 31.1 Å². The first-order valence-electron chi connectivity index (χ1n) is 29.0. The zero-order valence-corrected chi connectivity index (χ0v) is 48.1. The second-order valence-corrected chi connectivity index (χ2v) is 26.9. The van der Waals surface area contributed by atoms with Gasteiger partial charge in [-0.3, -0.25) is 0 Å². The van der Waals surface area contributed by atoms with Crippen molar-refractivity contribution < 1.29 is 4.42 Å². The molecule has 5 heteroatoms. The summed E-state index contributed by atoms with van der Waals surface area (Å²) in [4.78, 5) is 8.11. The molecule has 1 aliphatic carbocycles. The van der Waals surface area contributed by atoms with Crippen molar-refractivity contribution >= 4 is 90.5 Å². The van der Waals surface area contributed by atoms with Gasteiger partial charge in [0.25, 0.3) is 6.71 Å². The number of anilines is 8. The van der Waals surface area contributed by atoms with E-state index in [1.54, 1.807) is 0 Å². The van der Waals surface area contributed by atoms with Crippen LogP contribution in [-0.2, 0) is 21.7 Å². The van der Waals surface area contributed by atoms with Gasteiger partial charge in [-0.2, -0.15) is 0 Å². The normalized spacial score (nSPS) is 18.6. The molecule has 4 aliphatic rings. The van der Waals surface area contributed by atoms with Crippen LogP contribution in [0.5, 0.6) is 0 Å². The molecule has 0 amide bonds. The molecular formula is C74H72BN3O. The Morgan fingerprint density at radius 1 is 0.418 bits per heavy atom. The molecule has 4 heterocycles. The molecule has 10 aromatic rings. The molecule has 9 aromatic carbocycles. The van der Waals surface area contributed by atoms with E-state index in [4.69, 9.17) is 4.42 Å². The van der Waals surface area contributed by atoms with Crippen molar-refractivity contribution in [2.45, 2.75) is 129 Å². The van der Waals surface area contributed by atoms with E-state index < -0.39 is 0 Å². The Hall–Kier alpha value is -7.76. The highest BCUT2D eigenvalue weighted by Crippen LogP contribution is 2.62. The summed E-state index contributed by atoms with van der Waals surface area (Å²) in [5.74, 6) is 0. The average molecular weight is 1030 g/mol. The van der Waals surface area contributed by atoms with Crippen LogP contribution in [0, 0.1) is 0 Å². The lowest BCUT2D eigenvalue weighted by molar-refractivity contribution is 0.195. The molecule has 2 unspecified atom stereocenters. The number of fused-ring (bicyclic) bond motifs is 10. The Kier molecular flexibility index (Phi) is 10.9. The summed E-state index contributed by atoms with van der Waals surface area (Å²) >= 11 is 0. The molecule has 0 radical (unpaired) electrons. The highest BCUT2D eigenvalue weighted by molar-refractivity contribution is 7.00. The number of furan rings is 1. The van der Waals surface area contributed by atoms with E-state index in [0.29, 0.717) is 0 Å². The lowest BCUT2D eigenvalue weighted by atomic mass is 9.33. The van der Waals surface area contributed by atoms with E-state index in [1.165, 1.54) is 114 Å². The molecule has 2 atom stereocenters. The molecule has 79 heavy (non-hydrogen) atoms. The maximum atomic E-state index is 6.56. The molecule has 3 aliphatic heterocycles. The molecule has 0 bridgehead atoms. The van der Waals surface area contributed by atoms with E-state index in [9.17, 15) is 0 Å². The van der Waals surface area contributed by atoms with Gasteiger partial charge in [0, 0.05) is 61.6 Å². The van der Waals surface area contributed by atoms with E-state index in [1.807, 2.05) is 0 Å². The van der Waals surface area contributed by atoms with E-state index in [2.05, 4.69) is 279 Å². The van der Waals surface area contributed by atoms with Crippen molar-refractivity contribution in [3.8, 4) is 22.3 Å². The largest absolute Gasteiger partial charge is 0.456 e. The number of hydrogen-bond acceptors (Lipinski definition) is 4. The molecule has 1 aromatic heterocycles. The number of benzene rings is 9. The molecule has 0 saturated heterocycles. The minimum absolute atomic E-state index is 0.0599. The third-order valence-electron chi connectivity index (χ3n) is 19.1. The first-order chi connectivity index (χ1) is 37.8. The SMILES string of the molecule is CC(C)(C)c1ccc2c(c1)B1c3cc(C(C)(C)C)ccc3N(c3ccc(C(C)(C)C)cc3-c3ccccc3)c3cc(N4c5ccc(-c6ccccc6)cc5C5(C)CCCCC45C)cc(c31)N2c1ccc2oc3ccccc3c2c1. The smallest absolute Gasteiger partial charge is 0.252 e. The van der Waals surface area contributed by atoms with Gasteiger partial charge in [-0.15, -0.1) is 0 Å². The molecule has 1 fully saturated rings. The van der Waals surface area contributed by atoms with Crippen LogP contribution in [0.15, 0.2) is 192 Å². The third kappa shape index (κ3) is 7.54. The summed E-state index contributed by atoms with van der Waals surface area (Å²) in [5.41, 5.74) is 25.4. The topological polar surface area (TPSA) is 22.9 Å². The van der Waals surface area contributed by atoms with Crippen LogP contribution in [-0.4, -0.2) is 12.3 Å². The fraction of sp³-hybridized carbons (Fsp3) is 0.270. The van der Waals surface area contributed by atoms with Gasteiger partial charge < -0.3 is 19.1 Å². The lowest BCUT2D eigenvalue weighted by Crippen LogP contribution is -2.62. The minimum atomic E-state index is -0.209. The second kappa shape index (κ2) is 17.4. The Morgan fingerprint density at radius 2 is 0.962 bits per heavy atom. The van der Waals surface area contributed by atoms with Gasteiger partial charge >= 0.3 is 0 Å². The number of para-hydroxylation sites is 1. The van der Waals surface area contributed by atoms with Crippen LogP contribution in [0.1, 0.15) is 124 Å². The van der Waals surface area contributed by atoms with Gasteiger partial charge in [0.15, 0.2) is 0 Å². The van der Waals surface area contributed by atoms with Crippen molar-refractivity contribution in [2.24, 2.45) is 0 Å². The summed E-state index contributed by atoms with van der Waals surface area (Å²) in [6.07, 6.45) is 4.63. The van der Waals surface area contributed by atoms with Crippen molar-refractivity contribution in [1.82, 2.24) is 0 Å². The van der Waals surface area contributed by atoms with Crippen LogP contribution in [0.3, 0.4) is 0 Å². The Labute approximate surface area is 468 Å². The number of rotatable bonds is 5. The first-order valence-corrected chi connectivity index (χ1v) is 29.0. The highest BCUT2D eigenvalue weighted by Gasteiger charge is 2.58. The maximum Gasteiger partial charge on any atom is 0.252 e. The average Bonchev–Trinajstić information content (AvgIpc) is 3.26. The summed E-state index contributed by atoms with van der Waals surface area (Å²) < 4.78 is 6.56. The van der Waals surface area contributed by atoms with Crippen molar-refractivity contribution in [2.75, 3.05) is 14.7 Å². The number of nitrogens with zero attached hydrogens (tertiary/aromatic N) is 3. The van der Waals surface area contributed by atoms with Gasteiger partial charge in [-0.25, -0.2) is 0 Å². The standard InChI is InChI=1S/C74H72BN3O/c1-70(2,3)50-29-34-61(56(41-50)48-24-16-13-17-25-48)77-64-36-31-52(72(7,8)9)43-60(64)75-59-42-51(71(4,5)6)30-35-63(59)76(53-32-37-68-57(44-53)55-26-18-19-27-67(55)79-68)65-45-54(46-66(77)69(65)75)78-62-33-28-49(47-22-14-12-15-23-47)40-58(62)73(10)38-20-21-39-74(73,78)11/h12-19,22-37,40-46H,20-21,38-39H2,1-11H3. The lowest BCUT2D eigenvalue weighted by Gasteiger charge is -2.51. The number of hydrogen-bond donors (Lipinski definition) is 0. The quantitative estimate of drug-likeness (QED) is 0.160. The summed E-state index contributed by atoms with van der Waals surface area (Å²) in [6, 6.07) is 72.2. The van der Waals surface area contributed by atoms with Crippen molar-refractivity contribution in [3.63, 3.8) is 0 Å². The summed E-state index contributed by atoms with van der Waals surface area (Å²) in [7, 11) is 0. The van der Waals surface area contributed by atoms with Gasteiger partial charge in [-0.05, 0) is 164 Å². The summed E-state index contributed by atoms with van der Waals surface area (Å²) in [5, 5.41) is 2.25. The van der Waals surface area contributed by atoms with Gasteiger partial charge in [-0.1, -0.05) is 197 Å². The Morgan fingerprint density at radius 3 is 1.62 bits per heavy atom. The van der Waals surface area contributed by atoms with Gasteiger partial charge in [0.1, 0.15) is 11.2 Å². The van der Waals surface area contributed by atoms with Crippen LogP contribution >= 0.6 is 0 Å². The molecule has 0 spiro atoms. The zero-order valence-electron chi connectivity index (χ0n) is 48.1. The van der Waals surface area contributed by atoms with Gasteiger partial charge in [0.2, 0.25) is 0 Å². The Balaban J connectivity index is 1.13. The second-order valence-electron chi connectivity index (χ2n) is 26.9. The van der Waals surface area contributed by atoms with E-state index in [-0.39, 0.29) is 33.9 Å². The predicted molar refractivity (Wildman–Crippen MR) is 338 cm³/mol. The molecule has 392 valence electrons. The molecule has 14 rings (SSSR count).